The molecule has 2 heterocycles. The van der Waals surface area contributed by atoms with Crippen molar-refractivity contribution < 1.29 is 8.42 Å². The summed E-state index contributed by atoms with van der Waals surface area (Å²) in [5.74, 6) is 0. The summed E-state index contributed by atoms with van der Waals surface area (Å²) in [4.78, 5) is 6.78. The molecule has 2 aliphatic rings. The van der Waals surface area contributed by atoms with Crippen LogP contribution in [0.2, 0.25) is 0 Å². The molecule has 134 valence electrons. The molecule has 6 nitrogen and oxygen atoms in total. The van der Waals surface area contributed by atoms with Crippen LogP contribution in [0.25, 0.3) is 0 Å². The average molecular weight is 379 g/mol. The summed E-state index contributed by atoms with van der Waals surface area (Å²) < 4.78 is 31.5. The van der Waals surface area contributed by atoms with Crippen molar-refractivity contribution in [1.29, 1.82) is 0 Å². The van der Waals surface area contributed by atoms with Crippen LogP contribution in [0.4, 0.5) is 5.13 Å². The first-order chi connectivity index (χ1) is 12.1. The number of piperidine rings is 1. The van der Waals surface area contributed by atoms with Gasteiger partial charge in [0.05, 0.1) is 4.90 Å². The van der Waals surface area contributed by atoms with Gasteiger partial charge in [0.25, 0.3) is 10.0 Å². The number of benzene rings is 1. The largest absolute Gasteiger partial charge is 0.296 e. The highest BCUT2D eigenvalue weighted by atomic mass is 32.2. The topological polar surface area (TPSA) is 75.2 Å². The Morgan fingerprint density at radius 3 is 2.76 bits per heavy atom. The van der Waals surface area contributed by atoms with E-state index in [4.69, 9.17) is 0 Å². The third-order valence-corrected chi connectivity index (χ3v) is 7.17. The van der Waals surface area contributed by atoms with Gasteiger partial charge in [-0.15, -0.1) is 0 Å². The van der Waals surface area contributed by atoms with Crippen molar-refractivity contribution in [3.05, 3.63) is 35.7 Å². The average Bonchev–Trinajstić information content (AvgIpc) is 3.14. The molecule has 1 atom stereocenters. The summed E-state index contributed by atoms with van der Waals surface area (Å²) in [7, 11) is -3.61. The second-order valence-corrected chi connectivity index (χ2v) is 9.18. The second kappa shape index (κ2) is 7.01. The van der Waals surface area contributed by atoms with Crippen LogP contribution in [0.3, 0.4) is 0 Å². The Kier molecular flexibility index (Phi) is 4.75. The number of hydrogen-bond donors (Lipinski definition) is 1. The molecule has 1 aromatic heterocycles. The maximum absolute atomic E-state index is 12.6. The summed E-state index contributed by atoms with van der Waals surface area (Å²) >= 11 is 1.03. The monoisotopic (exact) mass is 378 g/mol. The van der Waals surface area contributed by atoms with Crippen molar-refractivity contribution in [3.63, 3.8) is 0 Å². The van der Waals surface area contributed by atoms with Gasteiger partial charge < -0.3 is 0 Å². The number of nitrogens with zero attached hydrogens (tertiary/aromatic N) is 3. The normalized spacial score (nSPS) is 21.7. The molecule has 0 unspecified atom stereocenters. The van der Waals surface area contributed by atoms with Crippen LogP contribution >= 0.6 is 11.5 Å². The zero-order chi connectivity index (χ0) is 17.3. The Balaban J connectivity index is 1.61. The fourth-order valence-electron chi connectivity index (χ4n) is 3.93. The minimum Gasteiger partial charge on any atom is -0.296 e. The van der Waals surface area contributed by atoms with E-state index >= 15 is 0 Å². The molecule has 1 fully saturated rings. The van der Waals surface area contributed by atoms with Gasteiger partial charge >= 0.3 is 0 Å². The van der Waals surface area contributed by atoms with Gasteiger partial charge in [0.2, 0.25) is 5.13 Å². The fourth-order valence-corrected chi connectivity index (χ4v) is 5.65. The highest BCUT2D eigenvalue weighted by Crippen LogP contribution is 2.36. The first kappa shape index (κ1) is 16.9. The summed E-state index contributed by atoms with van der Waals surface area (Å²) in [6, 6.07) is 6.03. The lowest BCUT2D eigenvalue weighted by Gasteiger charge is -2.38. The molecule has 2 aromatic rings. The number of nitrogens with one attached hydrogen (secondary N) is 1. The Labute approximate surface area is 152 Å². The van der Waals surface area contributed by atoms with E-state index in [1.807, 2.05) is 12.1 Å². The van der Waals surface area contributed by atoms with Gasteiger partial charge in [-0.25, -0.2) is 13.4 Å². The molecule has 1 saturated heterocycles. The van der Waals surface area contributed by atoms with E-state index in [1.54, 1.807) is 6.07 Å². The van der Waals surface area contributed by atoms with Gasteiger partial charge in [-0.1, -0.05) is 12.5 Å². The van der Waals surface area contributed by atoms with Crippen LogP contribution in [0, 0.1) is 0 Å². The van der Waals surface area contributed by atoms with Crippen molar-refractivity contribution in [2.24, 2.45) is 0 Å². The van der Waals surface area contributed by atoms with Crippen molar-refractivity contribution in [2.75, 3.05) is 17.8 Å². The molecule has 0 spiro atoms. The molecule has 25 heavy (non-hydrogen) atoms. The van der Waals surface area contributed by atoms with Gasteiger partial charge in [-0.05, 0) is 68.5 Å². The van der Waals surface area contributed by atoms with E-state index in [2.05, 4.69) is 19.0 Å². The fraction of sp³-hybridized carbons (Fsp3) is 0.529. The van der Waals surface area contributed by atoms with Crippen LogP contribution in [0.15, 0.2) is 29.4 Å². The Morgan fingerprint density at radius 2 is 2.00 bits per heavy atom. The first-order valence-electron chi connectivity index (χ1n) is 8.80. The van der Waals surface area contributed by atoms with E-state index in [1.165, 1.54) is 43.1 Å². The van der Waals surface area contributed by atoms with Gasteiger partial charge in [0.15, 0.2) is 0 Å². The number of likely N-dealkylation sites (tertiary alicyclic amines) is 1. The third kappa shape index (κ3) is 3.56. The molecule has 0 saturated carbocycles. The second-order valence-electron chi connectivity index (χ2n) is 6.72. The Hall–Kier alpha value is -1.51. The van der Waals surface area contributed by atoms with E-state index in [-0.39, 0.29) is 0 Å². The molecule has 1 N–H and O–H groups in total. The summed E-state index contributed by atoms with van der Waals surface area (Å²) in [5.41, 5.74) is 2.48. The van der Waals surface area contributed by atoms with Crippen molar-refractivity contribution in [2.45, 2.75) is 49.5 Å². The van der Waals surface area contributed by atoms with Crippen LogP contribution < -0.4 is 4.72 Å². The van der Waals surface area contributed by atoms with Gasteiger partial charge in [0.1, 0.15) is 6.33 Å². The molecular formula is C17H22N4O2S2. The number of fused-ring (bicyclic) bond motifs is 1. The molecule has 0 radical (unpaired) electrons. The number of rotatable bonds is 4. The lowest BCUT2D eigenvalue weighted by atomic mass is 9.86. The standard InChI is InChI=1S/C17H22N4O2S2/c22-25(23,20-17-18-12-19-24-17)14-7-8-15-13(11-14)5-4-6-16(15)21-9-2-1-3-10-21/h7-8,11-12,16H,1-6,9-10H2,(H,18,19,20)/t16-/m1/s1. The third-order valence-electron chi connectivity index (χ3n) is 5.12. The van der Waals surface area contributed by atoms with Crippen LogP contribution in [0.1, 0.15) is 49.3 Å². The summed E-state index contributed by atoms with van der Waals surface area (Å²) in [5, 5.41) is 0.295. The van der Waals surface area contributed by atoms with E-state index < -0.39 is 10.0 Å². The minimum absolute atomic E-state index is 0.295. The number of aryl methyl sites for hydroxylation is 1. The predicted molar refractivity (Wildman–Crippen MR) is 98.3 cm³/mol. The molecule has 1 aliphatic carbocycles. The molecule has 0 bridgehead atoms. The lowest BCUT2D eigenvalue weighted by molar-refractivity contribution is 0.148. The first-order valence-corrected chi connectivity index (χ1v) is 11.1. The molecule has 0 amide bonds. The van der Waals surface area contributed by atoms with E-state index in [0.717, 1.165) is 37.5 Å². The predicted octanol–water partition coefficient (Wildman–Crippen LogP) is 3.20. The highest BCUT2D eigenvalue weighted by Gasteiger charge is 2.28. The molecule has 1 aliphatic heterocycles. The minimum atomic E-state index is -3.61. The van der Waals surface area contributed by atoms with E-state index in [0.29, 0.717) is 16.1 Å². The Morgan fingerprint density at radius 1 is 1.16 bits per heavy atom. The van der Waals surface area contributed by atoms with Crippen molar-refractivity contribution >= 4 is 26.7 Å². The smallest absolute Gasteiger partial charge is 0.263 e. The number of hydrogen-bond acceptors (Lipinski definition) is 6. The maximum Gasteiger partial charge on any atom is 0.263 e. The number of aromatic nitrogens is 2. The quantitative estimate of drug-likeness (QED) is 0.884. The highest BCUT2D eigenvalue weighted by molar-refractivity contribution is 7.93. The molecule has 8 heteroatoms. The number of sulfonamides is 1. The van der Waals surface area contributed by atoms with Gasteiger partial charge in [-0.2, -0.15) is 4.37 Å². The number of anilines is 1. The zero-order valence-electron chi connectivity index (χ0n) is 14.0. The SMILES string of the molecule is O=S(=O)(Nc1ncns1)c1ccc2c(c1)CCC[C@H]2N1CCCCC1. The molecule has 4 rings (SSSR count). The summed E-state index contributed by atoms with van der Waals surface area (Å²) in [6.07, 6.45) is 8.43. The maximum atomic E-state index is 12.6. The van der Waals surface area contributed by atoms with Crippen LogP contribution in [-0.4, -0.2) is 35.8 Å². The van der Waals surface area contributed by atoms with Crippen LogP contribution in [0.5, 0.6) is 0 Å². The van der Waals surface area contributed by atoms with Crippen LogP contribution in [-0.2, 0) is 16.4 Å². The lowest BCUT2D eigenvalue weighted by Crippen LogP contribution is -2.35. The van der Waals surface area contributed by atoms with E-state index in [9.17, 15) is 8.42 Å². The van der Waals surface area contributed by atoms with Crippen molar-refractivity contribution in [3.8, 4) is 0 Å². The van der Waals surface area contributed by atoms with Crippen molar-refractivity contribution in [1.82, 2.24) is 14.3 Å². The summed E-state index contributed by atoms with van der Waals surface area (Å²) in [6.45, 7) is 2.31. The molecule has 1 aromatic carbocycles. The zero-order valence-corrected chi connectivity index (χ0v) is 15.7. The Bertz CT molecular complexity index is 830. The molecular weight excluding hydrogens is 356 g/mol. The van der Waals surface area contributed by atoms with Gasteiger partial charge in [0, 0.05) is 17.6 Å². The van der Waals surface area contributed by atoms with Gasteiger partial charge in [-0.3, -0.25) is 9.62 Å².